The zero-order valence-corrected chi connectivity index (χ0v) is 7.14. The van der Waals surface area contributed by atoms with E-state index in [1.807, 2.05) is 0 Å². The molecule has 1 N–H and O–H groups in total. The van der Waals surface area contributed by atoms with Crippen molar-refractivity contribution in [2.75, 3.05) is 0 Å². The molecule has 1 aromatic carbocycles. The largest absolute Gasteiger partial charge is 0.484 e. The summed E-state index contributed by atoms with van der Waals surface area (Å²) in [7, 11) is 0. The summed E-state index contributed by atoms with van der Waals surface area (Å²) in [5.41, 5.74) is 0.550. The Labute approximate surface area is 78.7 Å². The lowest BCUT2D eigenvalue weighted by Crippen LogP contribution is -2.38. The minimum absolute atomic E-state index is 0.264. The summed E-state index contributed by atoms with van der Waals surface area (Å²) in [4.78, 5) is 10.8. The highest BCUT2D eigenvalue weighted by molar-refractivity contribution is 5.78. The molecule has 14 heavy (non-hydrogen) atoms. The van der Waals surface area contributed by atoms with Crippen LogP contribution in [0.4, 0.5) is 13.2 Å². The van der Waals surface area contributed by atoms with E-state index in [9.17, 15) is 18.0 Å². The molecule has 1 aromatic rings. The Morgan fingerprint density at radius 1 is 1.21 bits per heavy atom. The third-order valence-corrected chi connectivity index (χ3v) is 1.49. The first-order valence-corrected chi connectivity index (χ1v) is 3.89. The van der Waals surface area contributed by atoms with Gasteiger partial charge in [0.05, 0.1) is 6.42 Å². The summed E-state index contributed by atoms with van der Waals surface area (Å²) in [6, 6.07) is 8.24. The van der Waals surface area contributed by atoms with Crippen molar-refractivity contribution in [2.45, 2.75) is 12.7 Å². The van der Waals surface area contributed by atoms with Crippen LogP contribution in [-0.2, 0) is 11.2 Å². The van der Waals surface area contributed by atoms with Gasteiger partial charge < -0.3 is 0 Å². The van der Waals surface area contributed by atoms with E-state index in [0.29, 0.717) is 5.56 Å². The van der Waals surface area contributed by atoms with Gasteiger partial charge in [-0.1, -0.05) is 30.3 Å². The van der Waals surface area contributed by atoms with Crippen LogP contribution in [0.1, 0.15) is 5.56 Å². The molecular formula is C9H8F3NO. The molecule has 0 aliphatic carbocycles. The van der Waals surface area contributed by atoms with Crippen LogP contribution in [0.5, 0.6) is 0 Å². The third-order valence-electron chi connectivity index (χ3n) is 1.49. The molecule has 0 aromatic heterocycles. The number of hydrogen-bond donors (Lipinski definition) is 1. The van der Waals surface area contributed by atoms with Crippen molar-refractivity contribution in [1.29, 1.82) is 0 Å². The molecule has 0 saturated carbocycles. The Morgan fingerprint density at radius 3 is 2.29 bits per heavy atom. The highest BCUT2D eigenvalue weighted by Crippen LogP contribution is 2.10. The molecule has 0 spiro atoms. The van der Waals surface area contributed by atoms with E-state index in [0.717, 1.165) is 5.32 Å². The first-order chi connectivity index (χ1) is 6.47. The van der Waals surface area contributed by atoms with Gasteiger partial charge in [-0.3, -0.25) is 10.1 Å². The van der Waals surface area contributed by atoms with Crippen LogP contribution in [-0.4, -0.2) is 12.2 Å². The SMILES string of the molecule is O=C(Cc1ccccc1)NC(F)(F)F. The predicted octanol–water partition coefficient (Wildman–Crippen LogP) is 1.87. The van der Waals surface area contributed by atoms with E-state index in [4.69, 9.17) is 0 Å². The molecule has 0 aliphatic rings. The second kappa shape index (κ2) is 4.13. The lowest BCUT2D eigenvalue weighted by molar-refractivity contribution is -0.169. The Kier molecular flexibility index (Phi) is 3.11. The number of carbonyl (C=O) groups excluding carboxylic acids is 1. The van der Waals surface area contributed by atoms with Crippen molar-refractivity contribution in [3.8, 4) is 0 Å². The Hall–Kier alpha value is -1.52. The number of rotatable bonds is 2. The van der Waals surface area contributed by atoms with Crippen LogP contribution in [0.15, 0.2) is 30.3 Å². The van der Waals surface area contributed by atoms with Gasteiger partial charge in [-0.15, -0.1) is 0 Å². The van der Waals surface area contributed by atoms with Gasteiger partial charge in [0.25, 0.3) is 0 Å². The zero-order chi connectivity index (χ0) is 10.6. The molecule has 76 valence electrons. The fourth-order valence-electron chi connectivity index (χ4n) is 0.984. The van der Waals surface area contributed by atoms with Gasteiger partial charge in [0, 0.05) is 0 Å². The number of benzene rings is 1. The monoisotopic (exact) mass is 203 g/mol. The molecular weight excluding hydrogens is 195 g/mol. The maximum atomic E-state index is 11.7. The molecule has 0 heterocycles. The van der Waals surface area contributed by atoms with Crippen molar-refractivity contribution >= 4 is 5.91 Å². The minimum atomic E-state index is -4.65. The highest BCUT2D eigenvalue weighted by atomic mass is 19.4. The van der Waals surface area contributed by atoms with Crippen molar-refractivity contribution in [1.82, 2.24) is 5.32 Å². The zero-order valence-electron chi connectivity index (χ0n) is 7.14. The van der Waals surface area contributed by atoms with Crippen LogP contribution < -0.4 is 5.32 Å². The summed E-state index contributed by atoms with van der Waals surface area (Å²) >= 11 is 0. The second-order valence-electron chi connectivity index (χ2n) is 2.71. The molecule has 0 atom stereocenters. The number of carbonyl (C=O) groups is 1. The van der Waals surface area contributed by atoms with Gasteiger partial charge in [0.15, 0.2) is 0 Å². The van der Waals surface area contributed by atoms with Crippen molar-refractivity contribution < 1.29 is 18.0 Å². The van der Waals surface area contributed by atoms with Gasteiger partial charge >= 0.3 is 6.30 Å². The molecule has 0 unspecified atom stereocenters. The van der Waals surface area contributed by atoms with Crippen LogP contribution in [0.3, 0.4) is 0 Å². The summed E-state index contributed by atoms with van der Waals surface area (Å²) in [6.45, 7) is 0. The van der Waals surface area contributed by atoms with E-state index in [2.05, 4.69) is 0 Å². The lowest BCUT2D eigenvalue weighted by atomic mass is 10.1. The smallest absolute Gasteiger partial charge is 0.274 e. The second-order valence-corrected chi connectivity index (χ2v) is 2.71. The normalized spacial score (nSPS) is 11.1. The van der Waals surface area contributed by atoms with Crippen LogP contribution in [0.2, 0.25) is 0 Å². The average molecular weight is 203 g/mol. The Balaban J connectivity index is 2.50. The van der Waals surface area contributed by atoms with Gasteiger partial charge in [-0.05, 0) is 5.56 Å². The van der Waals surface area contributed by atoms with Crippen molar-refractivity contribution in [3.63, 3.8) is 0 Å². The van der Waals surface area contributed by atoms with Gasteiger partial charge in [0.1, 0.15) is 0 Å². The van der Waals surface area contributed by atoms with E-state index < -0.39 is 12.2 Å². The number of amides is 1. The summed E-state index contributed by atoms with van der Waals surface area (Å²) < 4.78 is 35.0. The fourth-order valence-corrected chi connectivity index (χ4v) is 0.984. The van der Waals surface area contributed by atoms with E-state index in [-0.39, 0.29) is 6.42 Å². The molecule has 1 amide bonds. The van der Waals surface area contributed by atoms with Crippen LogP contribution >= 0.6 is 0 Å². The standard InChI is InChI=1S/C9H8F3NO/c10-9(11,12)13-8(14)6-7-4-2-1-3-5-7/h1-5H,6H2,(H,13,14). The van der Waals surface area contributed by atoms with Crippen LogP contribution in [0.25, 0.3) is 0 Å². The van der Waals surface area contributed by atoms with Crippen molar-refractivity contribution in [2.24, 2.45) is 0 Å². The molecule has 0 bridgehead atoms. The van der Waals surface area contributed by atoms with E-state index >= 15 is 0 Å². The first-order valence-electron chi connectivity index (χ1n) is 3.89. The fraction of sp³-hybridized carbons (Fsp3) is 0.222. The quantitative estimate of drug-likeness (QED) is 0.730. The maximum Gasteiger partial charge on any atom is 0.484 e. The molecule has 0 saturated heterocycles. The summed E-state index contributed by atoms with van der Waals surface area (Å²) in [5, 5.41) is 0.929. The average Bonchev–Trinajstić information content (AvgIpc) is 2.02. The molecule has 5 heteroatoms. The number of halogens is 3. The van der Waals surface area contributed by atoms with E-state index in [1.165, 1.54) is 0 Å². The molecule has 0 radical (unpaired) electrons. The first kappa shape index (κ1) is 10.6. The third kappa shape index (κ3) is 3.93. The molecule has 0 aliphatic heterocycles. The molecule has 2 nitrogen and oxygen atoms in total. The predicted molar refractivity (Wildman–Crippen MR) is 44.3 cm³/mol. The van der Waals surface area contributed by atoms with Crippen LogP contribution in [0, 0.1) is 0 Å². The lowest BCUT2D eigenvalue weighted by Gasteiger charge is -2.07. The summed E-state index contributed by atoms with van der Waals surface area (Å²) in [5.74, 6) is -1.05. The van der Waals surface area contributed by atoms with Gasteiger partial charge in [0.2, 0.25) is 5.91 Å². The number of nitrogens with one attached hydrogen (secondary N) is 1. The maximum absolute atomic E-state index is 11.7. The number of alkyl halides is 3. The van der Waals surface area contributed by atoms with Crippen molar-refractivity contribution in [3.05, 3.63) is 35.9 Å². The summed E-state index contributed by atoms with van der Waals surface area (Å²) in [6.07, 6.45) is -4.91. The van der Waals surface area contributed by atoms with Gasteiger partial charge in [-0.2, -0.15) is 13.2 Å². The Morgan fingerprint density at radius 2 is 1.79 bits per heavy atom. The number of hydrogen-bond acceptors (Lipinski definition) is 1. The van der Waals surface area contributed by atoms with Gasteiger partial charge in [-0.25, -0.2) is 0 Å². The van der Waals surface area contributed by atoms with E-state index in [1.54, 1.807) is 30.3 Å². The highest BCUT2D eigenvalue weighted by Gasteiger charge is 2.29. The Bertz CT molecular complexity index is 308. The molecule has 1 rings (SSSR count). The molecule has 0 fully saturated rings. The topological polar surface area (TPSA) is 29.1 Å². The minimum Gasteiger partial charge on any atom is -0.274 e.